The number of hydrogen-bond acceptors (Lipinski definition) is 2. The van der Waals surface area contributed by atoms with Crippen molar-refractivity contribution >= 4 is 32.7 Å². The van der Waals surface area contributed by atoms with Gasteiger partial charge in [0.15, 0.2) is 6.20 Å². The summed E-state index contributed by atoms with van der Waals surface area (Å²) in [6.45, 7) is 8.99. The molecule has 5 aromatic rings. The molecular formula is C31H33N2O+. The molecule has 34 heavy (non-hydrogen) atoms. The van der Waals surface area contributed by atoms with E-state index in [2.05, 4.69) is 56.9 Å². The van der Waals surface area contributed by atoms with Gasteiger partial charge in [-0.2, -0.15) is 4.57 Å². The van der Waals surface area contributed by atoms with Crippen LogP contribution < -0.4 is 4.57 Å². The summed E-state index contributed by atoms with van der Waals surface area (Å²) < 4.78 is 33.6. The first kappa shape index (κ1) is 18.2. The van der Waals surface area contributed by atoms with Crippen molar-refractivity contribution in [2.75, 3.05) is 0 Å². The molecule has 3 aromatic carbocycles. The van der Waals surface area contributed by atoms with Crippen LogP contribution in [0, 0.1) is 13.8 Å². The molecule has 2 heterocycles. The van der Waals surface area contributed by atoms with Crippen LogP contribution in [0.3, 0.4) is 0 Å². The number of fused-ring (bicyclic) bond motifs is 5. The molecule has 0 saturated heterocycles. The summed E-state index contributed by atoms with van der Waals surface area (Å²) in [5, 5.41) is 3.75. The SMILES string of the molecule is [2H]C([2H])([2H])c1cc(C)c(-c2cncc[n+]2C)c2oc3cc4cc5c(cc4cc3c12)C(C)(C)CCC5(C)C. The highest BCUT2D eigenvalue weighted by atomic mass is 16.3. The van der Waals surface area contributed by atoms with Crippen molar-refractivity contribution in [3.63, 3.8) is 0 Å². The number of aromatic nitrogens is 2. The molecule has 3 nitrogen and oxygen atoms in total. The number of nitrogens with zero attached hydrogens (tertiary/aromatic N) is 2. The lowest BCUT2D eigenvalue weighted by Gasteiger charge is -2.42. The normalized spacial score (nSPS) is 18.6. The molecule has 0 aliphatic heterocycles. The Kier molecular flexibility index (Phi) is 3.69. The lowest BCUT2D eigenvalue weighted by Crippen LogP contribution is -2.33. The lowest BCUT2D eigenvalue weighted by atomic mass is 9.63. The van der Waals surface area contributed by atoms with Crippen LogP contribution in [-0.4, -0.2) is 4.98 Å². The summed E-state index contributed by atoms with van der Waals surface area (Å²) in [7, 11) is 1.96. The zero-order chi connectivity index (χ0) is 26.5. The van der Waals surface area contributed by atoms with E-state index in [-0.39, 0.29) is 10.8 Å². The van der Waals surface area contributed by atoms with Crippen molar-refractivity contribution in [3.05, 3.63) is 71.2 Å². The fourth-order valence-electron chi connectivity index (χ4n) is 5.87. The molecule has 1 aliphatic carbocycles. The molecule has 0 spiro atoms. The van der Waals surface area contributed by atoms with Crippen molar-refractivity contribution in [2.24, 2.45) is 7.05 Å². The summed E-state index contributed by atoms with van der Waals surface area (Å²) >= 11 is 0. The molecule has 0 atom stereocenters. The lowest BCUT2D eigenvalue weighted by molar-refractivity contribution is -0.660. The van der Waals surface area contributed by atoms with Gasteiger partial charge < -0.3 is 4.42 Å². The van der Waals surface area contributed by atoms with Gasteiger partial charge in [0, 0.05) is 14.9 Å². The molecule has 0 fully saturated rings. The smallest absolute Gasteiger partial charge is 0.234 e. The summed E-state index contributed by atoms with van der Waals surface area (Å²) in [4.78, 5) is 4.34. The van der Waals surface area contributed by atoms with Crippen molar-refractivity contribution in [1.82, 2.24) is 4.98 Å². The second-order valence-electron chi connectivity index (χ2n) is 11.4. The number of hydrogen-bond donors (Lipinski definition) is 0. The maximum Gasteiger partial charge on any atom is 0.234 e. The van der Waals surface area contributed by atoms with Gasteiger partial charge in [-0.1, -0.05) is 45.9 Å². The average molecular weight is 453 g/mol. The number of benzene rings is 3. The van der Waals surface area contributed by atoms with E-state index >= 15 is 0 Å². The summed E-state index contributed by atoms with van der Waals surface area (Å²) in [5.41, 5.74) is 7.23. The molecule has 0 bridgehead atoms. The van der Waals surface area contributed by atoms with Gasteiger partial charge in [0.2, 0.25) is 5.69 Å². The molecule has 0 radical (unpaired) electrons. The van der Waals surface area contributed by atoms with Crippen LogP contribution in [0.4, 0.5) is 0 Å². The molecule has 0 unspecified atom stereocenters. The van der Waals surface area contributed by atoms with Gasteiger partial charge in [-0.3, -0.25) is 4.98 Å². The molecule has 1 aliphatic rings. The minimum absolute atomic E-state index is 0.0929. The average Bonchev–Trinajstić information content (AvgIpc) is 3.17. The fourth-order valence-corrected chi connectivity index (χ4v) is 5.87. The highest BCUT2D eigenvalue weighted by Crippen LogP contribution is 2.48. The van der Waals surface area contributed by atoms with E-state index in [0.717, 1.165) is 45.8 Å². The van der Waals surface area contributed by atoms with E-state index in [4.69, 9.17) is 8.53 Å². The first-order valence-corrected chi connectivity index (χ1v) is 12.1. The van der Waals surface area contributed by atoms with Crippen LogP contribution in [0.2, 0.25) is 0 Å². The maximum atomic E-state index is 8.34. The predicted octanol–water partition coefficient (Wildman–Crippen LogP) is 7.59. The Balaban J connectivity index is 1.76. The van der Waals surface area contributed by atoms with E-state index < -0.39 is 6.85 Å². The second-order valence-corrected chi connectivity index (χ2v) is 11.4. The second kappa shape index (κ2) is 6.91. The van der Waals surface area contributed by atoms with Gasteiger partial charge in [0.1, 0.15) is 18.2 Å². The van der Waals surface area contributed by atoms with Crippen LogP contribution in [0.25, 0.3) is 44.0 Å². The maximum absolute atomic E-state index is 8.34. The van der Waals surface area contributed by atoms with Gasteiger partial charge in [0.05, 0.1) is 18.0 Å². The van der Waals surface area contributed by atoms with Crippen molar-refractivity contribution in [1.29, 1.82) is 0 Å². The number of rotatable bonds is 1. The van der Waals surface area contributed by atoms with E-state index in [1.807, 2.05) is 24.7 Å². The molecular weight excluding hydrogens is 416 g/mol. The zero-order valence-electron chi connectivity index (χ0n) is 23.8. The minimum Gasteiger partial charge on any atom is -0.455 e. The van der Waals surface area contributed by atoms with Crippen molar-refractivity contribution in [3.8, 4) is 11.3 Å². The van der Waals surface area contributed by atoms with Crippen LogP contribution >= 0.6 is 0 Å². The Bertz CT molecular complexity index is 1740. The van der Waals surface area contributed by atoms with Gasteiger partial charge >= 0.3 is 0 Å². The van der Waals surface area contributed by atoms with Crippen LogP contribution in [0.5, 0.6) is 0 Å². The van der Waals surface area contributed by atoms with E-state index in [1.165, 1.54) is 11.1 Å². The largest absolute Gasteiger partial charge is 0.455 e. The molecule has 0 amide bonds. The zero-order valence-corrected chi connectivity index (χ0v) is 20.8. The number of furan rings is 1. The third-order valence-electron chi connectivity index (χ3n) is 8.08. The molecule has 3 heteroatoms. The fraction of sp³-hybridized carbons (Fsp3) is 0.355. The standard InChI is InChI=1S/C31H33N2O/c1-18-12-19(2)28(25-17-32-10-11-33(25)7)29-27(18)22-13-20-14-23-24(15-21(20)16-26(22)34-29)31(5,6)9-8-30(23,3)4/h10-17H,8-9H2,1-7H3/q+1/i1D3. The highest BCUT2D eigenvalue weighted by Gasteiger charge is 2.37. The van der Waals surface area contributed by atoms with E-state index in [1.54, 1.807) is 18.5 Å². The minimum atomic E-state index is -2.27. The Labute approximate surface area is 205 Å². The first-order valence-electron chi connectivity index (χ1n) is 13.6. The Morgan fingerprint density at radius 1 is 0.941 bits per heavy atom. The Morgan fingerprint density at radius 2 is 1.62 bits per heavy atom. The third kappa shape index (κ3) is 2.95. The Morgan fingerprint density at radius 3 is 2.26 bits per heavy atom. The molecule has 2 aromatic heterocycles. The van der Waals surface area contributed by atoms with Crippen LogP contribution in [-0.2, 0) is 17.9 Å². The molecule has 172 valence electrons. The summed E-state index contributed by atoms with van der Waals surface area (Å²) in [5.74, 6) is 0. The van der Waals surface area contributed by atoms with Crippen LogP contribution in [0.15, 0.2) is 53.3 Å². The van der Waals surface area contributed by atoms with E-state index in [9.17, 15) is 0 Å². The third-order valence-corrected chi connectivity index (χ3v) is 8.08. The Hall–Kier alpha value is -3.20. The van der Waals surface area contributed by atoms with Crippen LogP contribution in [0.1, 0.15) is 66.9 Å². The quantitative estimate of drug-likeness (QED) is 0.245. The molecule has 6 rings (SSSR count). The molecule has 0 N–H and O–H groups in total. The van der Waals surface area contributed by atoms with Crippen molar-refractivity contribution in [2.45, 2.75) is 65.1 Å². The predicted molar refractivity (Wildman–Crippen MR) is 140 cm³/mol. The van der Waals surface area contributed by atoms with Gasteiger partial charge in [-0.05, 0) is 82.6 Å². The van der Waals surface area contributed by atoms with Gasteiger partial charge in [0.25, 0.3) is 0 Å². The molecule has 0 saturated carbocycles. The van der Waals surface area contributed by atoms with Gasteiger partial charge in [-0.15, -0.1) is 0 Å². The van der Waals surface area contributed by atoms with Gasteiger partial charge in [-0.25, -0.2) is 0 Å². The monoisotopic (exact) mass is 452 g/mol. The summed E-state index contributed by atoms with van der Waals surface area (Å²) in [6, 6.07) is 10.7. The highest BCUT2D eigenvalue weighted by molar-refractivity contribution is 6.14. The van der Waals surface area contributed by atoms with E-state index in [0.29, 0.717) is 22.1 Å². The topological polar surface area (TPSA) is 29.9 Å². The summed E-state index contributed by atoms with van der Waals surface area (Å²) in [6.07, 6.45) is 7.73. The van der Waals surface area contributed by atoms with Crippen molar-refractivity contribution < 1.29 is 13.1 Å². The number of aryl methyl sites for hydroxylation is 3. The first-order chi connectivity index (χ1) is 17.3.